The van der Waals surface area contributed by atoms with Gasteiger partial charge in [-0.05, 0) is 44.0 Å². The summed E-state index contributed by atoms with van der Waals surface area (Å²) in [4.78, 5) is 26.4. The Morgan fingerprint density at radius 3 is 2.56 bits per heavy atom. The van der Waals surface area contributed by atoms with Crippen molar-refractivity contribution in [2.45, 2.75) is 32.9 Å². The lowest BCUT2D eigenvalue weighted by Crippen LogP contribution is -2.50. The summed E-state index contributed by atoms with van der Waals surface area (Å²) in [5, 5.41) is 6.16. The largest absolute Gasteiger partial charge is 0.323 e. The van der Waals surface area contributed by atoms with Gasteiger partial charge in [-0.2, -0.15) is 0 Å². The maximum atomic E-state index is 12.9. The number of nitrogens with one attached hydrogen (secondary N) is 2. The maximum Gasteiger partial charge on any atom is 0.244 e. The first kappa shape index (κ1) is 17.2. The molecular formula is C20H23N3O2. The van der Waals surface area contributed by atoms with Crippen molar-refractivity contribution >= 4 is 23.2 Å². The summed E-state index contributed by atoms with van der Waals surface area (Å²) in [5.41, 5.74) is 3.76. The van der Waals surface area contributed by atoms with Gasteiger partial charge in [0.2, 0.25) is 11.8 Å². The van der Waals surface area contributed by atoms with Crippen LogP contribution in [0.15, 0.2) is 48.5 Å². The van der Waals surface area contributed by atoms with Gasteiger partial charge in [-0.25, -0.2) is 0 Å². The molecule has 2 amide bonds. The van der Waals surface area contributed by atoms with Crippen LogP contribution in [0.1, 0.15) is 31.0 Å². The van der Waals surface area contributed by atoms with E-state index in [-0.39, 0.29) is 24.4 Å². The molecule has 2 atom stereocenters. The molecule has 2 aromatic carbocycles. The average Bonchev–Trinajstić information content (AvgIpc) is 2.60. The molecule has 1 aliphatic rings. The predicted octanol–water partition coefficient (Wildman–Crippen LogP) is 3.02. The quantitative estimate of drug-likeness (QED) is 0.901. The molecule has 5 nitrogen and oxygen atoms in total. The lowest BCUT2D eigenvalue weighted by molar-refractivity contribution is -0.123. The monoisotopic (exact) mass is 337 g/mol. The number of fused-ring (bicyclic) bond motifs is 1. The lowest BCUT2D eigenvalue weighted by atomic mass is 10.0. The molecule has 0 aromatic heterocycles. The van der Waals surface area contributed by atoms with E-state index in [1.54, 1.807) is 11.0 Å². The summed E-state index contributed by atoms with van der Waals surface area (Å²) in [6.45, 7) is 5.99. The summed E-state index contributed by atoms with van der Waals surface area (Å²) in [7, 11) is 0. The maximum absolute atomic E-state index is 12.9. The minimum atomic E-state index is -0.409. The number of para-hydroxylation sites is 2. The number of hydrogen-bond acceptors (Lipinski definition) is 3. The highest BCUT2D eigenvalue weighted by atomic mass is 16.2. The number of anilines is 2. The molecule has 3 rings (SSSR count). The van der Waals surface area contributed by atoms with Crippen molar-refractivity contribution < 1.29 is 9.59 Å². The van der Waals surface area contributed by atoms with E-state index < -0.39 is 6.04 Å². The Hall–Kier alpha value is -2.66. The van der Waals surface area contributed by atoms with Crippen molar-refractivity contribution in [3.8, 4) is 0 Å². The van der Waals surface area contributed by atoms with Crippen LogP contribution in [0.2, 0.25) is 0 Å². The first-order chi connectivity index (χ1) is 12.0. The second-order valence-electron chi connectivity index (χ2n) is 6.46. The third-order valence-corrected chi connectivity index (χ3v) is 4.56. The number of carbonyl (C=O) groups is 2. The zero-order valence-electron chi connectivity index (χ0n) is 14.7. The molecule has 25 heavy (non-hydrogen) atoms. The highest BCUT2D eigenvalue weighted by Gasteiger charge is 2.30. The summed E-state index contributed by atoms with van der Waals surface area (Å²) >= 11 is 0. The summed E-state index contributed by atoms with van der Waals surface area (Å²) in [5.74, 6) is -0.283. The molecule has 0 aliphatic carbocycles. The molecule has 0 saturated heterocycles. The van der Waals surface area contributed by atoms with Crippen LogP contribution < -0.4 is 15.5 Å². The van der Waals surface area contributed by atoms with Crippen LogP contribution in [-0.2, 0) is 9.59 Å². The normalized spacial score (nSPS) is 16.0. The van der Waals surface area contributed by atoms with Crippen LogP contribution in [-0.4, -0.2) is 24.4 Å². The minimum Gasteiger partial charge on any atom is -0.323 e. The van der Waals surface area contributed by atoms with Gasteiger partial charge in [0.05, 0.1) is 17.4 Å². The average molecular weight is 337 g/mol. The van der Waals surface area contributed by atoms with Crippen molar-refractivity contribution in [2.75, 3.05) is 16.8 Å². The van der Waals surface area contributed by atoms with Crippen LogP contribution in [0.25, 0.3) is 0 Å². The Labute approximate surface area is 148 Å². The number of hydrogen-bond donors (Lipinski definition) is 2. The van der Waals surface area contributed by atoms with Crippen molar-refractivity contribution in [1.82, 2.24) is 5.32 Å². The molecule has 1 aliphatic heterocycles. The predicted molar refractivity (Wildman–Crippen MR) is 99.6 cm³/mol. The topological polar surface area (TPSA) is 61.4 Å². The fourth-order valence-electron chi connectivity index (χ4n) is 3.27. The van der Waals surface area contributed by atoms with Gasteiger partial charge in [-0.15, -0.1) is 0 Å². The molecule has 0 radical (unpaired) electrons. The molecular weight excluding hydrogens is 314 g/mol. The Bertz CT molecular complexity index is 803. The van der Waals surface area contributed by atoms with Crippen molar-refractivity contribution in [1.29, 1.82) is 0 Å². The van der Waals surface area contributed by atoms with E-state index in [1.165, 1.54) is 11.1 Å². The second-order valence-corrected chi connectivity index (χ2v) is 6.46. The van der Waals surface area contributed by atoms with Crippen LogP contribution in [0.4, 0.5) is 11.4 Å². The van der Waals surface area contributed by atoms with E-state index in [0.717, 1.165) is 5.69 Å². The van der Waals surface area contributed by atoms with Crippen molar-refractivity contribution in [3.05, 3.63) is 59.7 Å². The minimum absolute atomic E-state index is 0.0361. The van der Waals surface area contributed by atoms with Gasteiger partial charge < -0.3 is 5.32 Å². The van der Waals surface area contributed by atoms with Crippen molar-refractivity contribution in [3.63, 3.8) is 0 Å². The highest BCUT2D eigenvalue weighted by Crippen LogP contribution is 2.29. The van der Waals surface area contributed by atoms with Crippen LogP contribution in [0.3, 0.4) is 0 Å². The molecule has 0 spiro atoms. The molecule has 0 bridgehead atoms. The third-order valence-electron chi connectivity index (χ3n) is 4.56. The fourth-order valence-corrected chi connectivity index (χ4v) is 3.27. The van der Waals surface area contributed by atoms with Gasteiger partial charge in [-0.1, -0.05) is 36.4 Å². The molecule has 2 aromatic rings. The summed E-state index contributed by atoms with van der Waals surface area (Å²) in [6.07, 6.45) is 0. The van der Waals surface area contributed by atoms with E-state index >= 15 is 0 Å². The smallest absolute Gasteiger partial charge is 0.244 e. The van der Waals surface area contributed by atoms with E-state index in [4.69, 9.17) is 0 Å². The number of carbonyl (C=O) groups excluding carboxylic acids is 2. The summed E-state index contributed by atoms with van der Waals surface area (Å²) in [6, 6.07) is 15.1. The Morgan fingerprint density at radius 2 is 1.80 bits per heavy atom. The molecule has 0 saturated carbocycles. The van der Waals surface area contributed by atoms with E-state index in [2.05, 4.69) is 29.7 Å². The molecule has 0 fully saturated rings. The van der Waals surface area contributed by atoms with Gasteiger partial charge in [0.25, 0.3) is 0 Å². The zero-order valence-corrected chi connectivity index (χ0v) is 14.7. The van der Waals surface area contributed by atoms with E-state index in [1.807, 2.05) is 44.2 Å². The first-order valence-electron chi connectivity index (χ1n) is 8.49. The van der Waals surface area contributed by atoms with Gasteiger partial charge in [0.15, 0.2) is 0 Å². The van der Waals surface area contributed by atoms with Gasteiger partial charge in [0, 0.05) is 6.04 Å². The Balaban J connectivity index is 1.77. The number of nitrogens with zero attached hydrogens (tertiary/aromatic N) is 1. The van der Waals surface area contributed by atoms with Gasteiger partial charge in [0.1, 0.15) is 6.54 Å². The van der Waals surface area contributed by atoms with Gasteiger partial charge >= 0.3 is 0 Å². The SMILES string of the molecule is Cc1ccccc1[C@@H](C)N[C@H](C)C(=O)N1CC(=O)Nc2ccccc21. The van der Waals surface area contributed by atoms with Crippen LogP contribution in [0, 0.1) is 6.92 Å². The third kappa shape index (κ3) is 3.56. The van der Waals surface area contributed by atoms with E-state index in [0.29, 0.717) is 5.69 Å². The molecule has 2 N–H and O–H groups in total. The molecule has 0 unspecified atom stereocenters. The molecule has 130 valence electrons. The Kier molecular flexibility index (Phi) is 4.86. The standard InChI is InChI=1S/C20H23N3O2/c1-13-8-4-5-9-16(13)14(2)21-15(3)20(25)23-12-19(24)22-17-10-6-7-11-18(17)23/h4-11,14-15,21H,12H2,1-3H3,(H,22,24)/t14-,15-/m1/s1. The first-order valence-corrected chi connectivity index (χ1v) is 8.49. The second kappa shape index (κ2) is 7.07. The zero-order chi connectivity index (χ0) is 18.0. The Morgan fingerprint density at radius 1 is 1.12 bits per heavy atom. The number of benzene rings is 2. The number of aryl methyl sites for hydroxylation is 1. The van der Waals surface area contributed by atoms with E-state index in [9.17, 15) is 9.59 Å². The molecule has 5 heteroatoms. The number of amides is 2. The van der Waals surface area contributed by atoms with Crippen LogP contribution in [0.5, 0.6) is 0 Å². The molecule has 1 heterocycles. The van der Waals surface area contributed by atoms with Crippen molar-refractivity contribution in [2.24, 2.45) is 0 Å². The fraction of sp³-hybridized carbons (Fsp3) is 0.300. The van der Waals surface area contributed by atoms with Gasteiger partial charge in [-0.3, -0.25) is 19.8 Å². The lowest BCUT2D eigenvalue weighted by Gasteiger charge is -2.32. The van der Waals surface area contributed by atoms with Crippen LogP contribution >= 0.6 is 0 Å². The number of rotatable bonds is 4. The summed E-state index contributed by atoms with van der Waals surface area (Å²) < 4.78 is 0. The highest BCUT2D eigenvalue weighted by molar-refractivity contribution is 6.11.